The van der Waals surface area contributed by atoms with Gasteiger partial charge < -0.3 is 19.7 Å². The molecule has 0 saturated heterocycles. The van der Waals surface area contributed by atoms with Crippen molar-refractivity contribution in [2.45, 2.75) is 43.6 Å². The van der Waals surface area contributed by atoms with E-state index in [2.05, 4.69) is 6.92 Å². The Labute approximate surface area is 191 Å². The highest BCUT2D eigenvalue weighted by molar-refractivity contribution is 6.20. The van der Waals surface area contributed by atoms with Crippen LogP contribution in [0.25, 0.3) is 0 Å². The standard InChI is InChI=1S/C26H23ClO5/c1-2-3-6-16(27)11-15-12-18(29)14-23-24(15)26(21-10-9-17(28)13-22(21)31-23)20-8-5-4-7-19(20)25(30)32-26/h4-5,7-10,12-14,16,28-29H,2-3,6,11H2,1H3. The molecule has 0 aromatic heterocycles. The Morgan fingerprint density at radius 2 is 1.78 bits per heavy atom. The number of phenols is 2. The fourth-order valence-electron chi connectivity index (χ4n) is 4.81. The number of ether oxygens (including phenoxy) is 2. The quantitative estimate of drug-likeness (QED) is 0.368. The van der Waals surface area contributed by atoms with Gasteiger partial charge in [0, 0.05) is 28.6 Å². The summed E-state index contributed by atoms with van der Waals surface area (Å²) in [6.45, 7) is 2.11. The Hall–Kier alpha value is -3.18. The molecule has 5 nitrogen and oxygen atoms in total. The molecule has 0 saturated carbocycles. The van der Waals surface area contributed by atoms with E-state index in [4.69, 9.17) is 21.1 Å². The van der Waals surface area contributed by atoms with Crippen molar-refractivity contribution in [1.82, 2.24) is 0 Å². The van der Waals surface area contributed by atoms with Crippen LogP contribution in [0.3, 0.4) is 0 Å². The molecular weight excluding hydrogens is 428 g/mol. The third kappa shape index (κ3) is 3.11. The maximum Gasteiger partial charge on any atom is 0.340 e. The van der Waals surface area contributed by atoms with Crippen LogP contribution in [0.2, 0.25) is 0 Å². The maximum absolute atomic E-state index is 13.0. The number of carbonyl (C=O) groups excluding carboxylic acids is 1. The molecule has 2 aliphatic heterocycles. The van der Waals surface area contributed by atoms with Crippen molar-refractivity contribution in [3.05, 3.63) is 82.4 Å². The fraction of sp³-hybridized carbons (Fsp3) is 0.269. The van der Waals surface area contributed by atoms with Gasteiger partial charge in [0.05, 0.1) is 11.1 Å². The van der Waals surface area contributed by atoms with Crippen molar-refractivity contribution in [2.75, 3.05) is 0 Å². The second-order valence-electron chi connectivity index (χ2n) is 8.32. The lowest BCUT2D eigenvalue weighted by Crippen LogP contribution is -2.34. The van der Waals surface area contributed by atoms with Gasteiger partial charge >= 0.3 is 5.97 Å². The molecular formula is C26H23ClO5. The number of fused-ring (bicyclic) bond motifs is 6. The highest BCUT2D eigenvalue weighted by Gasteiger charge is 2.54. The first-order chi connectivity index (χ1) is 15.4. The number of hydrogen-bond acceptors (Lipinski definition) is 5. The van der Waals surface area contributed by atoms with Crippen LogP contribution < -0.4 is 4.74 Å². The number of phenolic OH excluding ortho intramolecular Hbond substituents is 2. The largest absolute Gasteiger partial charge is 0.508 e. The number of halogens is 1. The first kappa shape index (κ1) is 20.7. The van der Waals surface area contributed by atoms with Crippen LogP contribution in [-0.4, -0.2) is 21.6 Å². The molecule has 0 amide bonds. The molecule has 6 heteroatoms. The molecule has 3 aromatic rings. The topological polar surface area (TPSA) is 76.0 Å². The van der Waals surface area contributed by atoms with Gasteiger partial charge in [0.15, 0.2) is 5.60 Å². The fourth-order valence-corrected chi connectivity index (χ4v) is 5.13. The molecule has 2 N–H and O–H groups in total. The summed E-state index contributed by atoms with van der Waals surface area (Å²) in [4.78, 5) is 13.0. The minimum Gasteiger partial charge on any atom is -0.508 e. The first-order valence-corrected chi connectivity index (χ1v) is 11.2. The predicted octanol–water partition coefficient (Wildman–Crippen LogP) is 6.01. The van der Waals surface area contributed by atoms with Crippen LogP contribution in [0.1, 0.15) is 58.8 Å². The lowest BCUT2D eigenvalue weighted by molar-refractivity contribution is 0.0221. The van der Waals surface area contributed by atoms with Crippen LogP contribution in [0.15, 0.2) is 54.6 Å². The number of esters is 1. The summed E-state index contributed by atoms with van der Waals surface area (Å²) in [6.07, 6.45) is 3.35. The van der Waals surface area contributed by atoms with Crippen molar-refractivity contribution in [2.24, 2.45) is 0 Å². The maximum atomic E-state index is 13.0. The van der Waals surface area contributed by atoms with Gasteiger partial charge in [0.25, 0.3) is 0 Å². The molecule has 2 atom stereocenters. The van der Waals surface area contributed by atoms with E-state index in [0.717, 1.165) is 24.8 Å². The van der Waals surface area contributed by atoms with Gasteiger partial charge in [-0.05, 0) is 42.7 Å². The molecule has 3 aromatic carbocycles. The SMILES string of the molecule is CCCCC(Cl)Cc1cc(O)cc2c1C1(OC(=O)c3ccccc31)c1ccc(O)cc1O2. The first-order valence-electron chi connectivity index (χ1n) is 10.8. The highest BCUT2D eigenvalue weighted by atomic mass is 35.5. The van der Waals surface area contributed by atoms with E-state index in [0.29, 0.717) is 40.2 Å². The monoisotopic (exact) mass is 450 g/mol. The van der Waals surface area contributed by atoms with Crippen LogP contribution in [0.4, 0.5) is 0 Å². The lowest BCUT2D eigenvalue weighted by atomic mass is 9.75. The van der Waals surface area contributed by atoms with Gasteiger partial charge in [-0.3, -0.25) is 0 Å². The Morgan fingerprint density at radius 3 is 2.59 bits per heavy atom. The molecule has 2 aliphatic rings. The number of unbranched alkanes of at least 4 members (excludes halogenated alkanes) is 1. The Balaban J connectivity index is 1.78. The summed E-state index contributed by atoms with van der Waals surface area (Å²) in [5.74, 6) is 0.379. The van der Waals surface area contributed by atoms with Crippen molar-refractivity contribution < 1.29 is 24.5 Å². The molecule has 164 valence electrons. The molecule has 1 spiro atoms. The van der Waals surface area contributed by atoms with E-state index < -0.39 is 11.6 Å². The summed E-state index contributed by atoms with van der Waals surface area (Å²) < 4.78 is 12.3. The van der Waals surface area contributed by atoms with Crippen LogP contribution in [0, 0.1) is 0 Å². The third-order valence-corrected chi connectivity index (χ3v) is 6.54. The molecule has 5 rings (SSSR count). The summed E-state index contributed by atoms with van der Waals surface area (Å²) in [7, 11) is 0. The van der Waals surface area contributed by atoms with Gasteiger partial charge in [-0.2, -0.15) is 0 Å². The van der Waals surface area contributed by atoms with Crippen molar-refractivity contribution >= 4 is 17.6 Å². The number of alkyl halides is 1. The van der Waals surface area contributed by atoms with E-state index in [-0.39, 0.29) is 16.9 Å². The van der Waals surface area contributed by atoms with Crippen LogP contribution in [-0.2, 0) is 16.8 Å². The van der Waals surface area contributed by atoms with Crippen LogP contribution in [0.5, 0.6) is 23.0 Å². The second kappa shape index (κ2) is 7.75. The van der Waals surface area contributed by atoms with Gasteiger partial charge in [0.1, 0.15) is 23.0 Å². The molecule has 0 radical (unpaired) electrons. The van der Waals surface area contributed by atoms with E-state index in [1.165, 1.54) is 12.1 Å². The van der Waals surface area contributed by atoms with E-state index in [9.17, 15) is 15.0 Å². The number of hydrogen-bond donors (Lipinski definition) is 2. The molecule has 2 unspecified atom stereocenters. The predicted molar refractivity (Wildman–Crippen MR) is 121 cm³/mol. The smallest absolute Gasteiger partial charge is 0.340 e. The van der Waals surface area contributed by atoms with Gasteiger partial charge in [0.2, 0.25) is 0 Å². The molecule has 2 heterocycles. The van der Waals surface area contributed by atoms with E-state index in [1.54, 1.807) is 30.3 Å². The molecule has 0 aliphatic carbocycles. The zero-order valence-electron chi connectivity index (χ0n) is 17.6. The van der Waals surface area contributed by atoms with Crippen molar-refractivity contribution in [3.63, 3.8) is 0 Å². The second-order valence-corrected chi connectivity index (χ2v) is 8.94. The van der Waals surface area contributed by atoms with Crippen molar-refractivity contribution in [3.8, 4) is 23.0 Å². The molecule has 32 heavy (non-hydrogen) atoms. The number of carbonyl (C=O) groups is 1. The van der Waals surface area contributed by atoms with E-state index in [1.807, 2.05) is 12.1 Å². The molecule has 0 bridgehead atoms. The normalized spacial score (nSPS) is 19.0. The zero-order valence-corrected chi connectivity index (χ0v) is 18.4. The Morgan fingerprint density at radius 1 is 1.00 bits per heavy atom. The summed E-state index contributed by atoms with van der Waals surface area (Å²) in [6, 6.07) is 15.2. The van der Waals surface area contributed by atoms with Crippen LogP contribution >= 0.6 is 11.6 Å². The summed E-state index contributed by atoms with van der Waals surface area (Å²) in [5, 5.41) is 20.4. The number of benzene rings is 3. The van der Waals surface area contributed by atoms with Gasteiger partial charge in [-0.25, -0.2) is 4.79 Å². The average molecular weight is 451 g/mol. The third-order valence-electron chi connectivity index (χ3n) is 6.17. The van der Waals surface area contributed by atoms with Crippen molar-refractivity contribution in [1.29, 1.82) is 0 Å². The minimum absolute atomic E-state index is 0.0284. The Bertz CT molecular complexity index is 1220. The summed E-state index contributed by atoms with van der Waals surface area (Å²) >= 11 is 6.67. The number of aromatic hydroxyl groups is 2. The van der Waals surface area contributed by atoms with E-state index >= 15 is 0 Å². The van der Waals surface area contributed by atoms with Gasteiger partial charge in [-0.1, -0.05) is 38.0 Å². The Kier molecular flexibility index (Phi) is 5.01. The van der Waals surface area contributed by atoms with Gasteiger partial charge in [-0.15, -0.1) is 11.6 Å². The lowest BCUT2D eigenvalue weighted by Gasteiger charge is -2.38. The summed E-state index contributed by atoms with van der Waals surface area (Å²) in [5.41, 5.74) is 1.97. The zero-order chi connectivity index (χ0) is 22.5. The highest BCUT2D eigenvalue weighted by Crippen LogP contribution is 2.58. The minimum atomic E-state index is -1.26. The molecule has 0 fully saturated rings. The average Bonchev–Trinajstić information content (AvgIpc) is 3.04. The number of rotatable bonds is 5.